The lowest BCUT2D eigenvalue weighted by Gasteiger charge is -2.11. The van der Waals surface area contributed by atoms with Crippen LogP contribution in [0.25, 0.3) is 11.0 Å². The van der Waals surface area contributed by atoms with E-state index in [4.69, 9.17) is 13.9 Å². The van der Waals surface area contributed by atoms with Crippen molar-refractivity contribution in [2.75, 3.05) is 25.6 Å². The van der Waals surface area contributed by atoms with E-state index in [9.17, 15) is 14.4 Å². The van der Waals surface area contributed by atoms with Crippen LogP contribution in [0, 0.1) is 13.8 Å². The SMILES string of the molecule is COc1ccc(C)cc1NC(=O)CNC(=O)COC(=O)c1oc2ccc(Br)cc2c1C. The zero-order valence-electron chi connectivity index (χ0n) is 17.2. The Labute approximate surface area is 187 Å². The lowest BCUT2D eigenvalue weighted by molar-refractivity contribution is -0.126. The van der Waals surface area contributed by atoms with Gasteiger partial charge in [0.2, 0.25) is 11.7 Å². The minimum Gasteiger partial charge on any atom is -0.495 e. The van der Waals surface area contributed by atoms with E-state index in [2.05, 4.69) is 26.6 Å². The number of hydrogen-bond donors (Lipinski definition) is 2. The van der Waals surface area contributed by atoms with Crippen LogP contribution in [0.1, 0.15) is 21.7 Å². The first-order valence-electron chi connectivity index (χ1n) is 9.35. The number of fused-ring (bicyclic) bond motifs is 1. The molecule has 2 N–H and O–H groups in total. The highest BCUT2D eigenvalue weighted by Crippen LogP contribution is 2.28. The first-order valence-corrected chi connectivity index (χ1v) is 10.1. The number of furan rings is 1. The maximum Gasteiger partial charge on any atom is 0.375 e. The van der Waals surface area contributed by atoms with Crippen molar-refractivity contribution in [2.24, 2.45) is 0 Å². The van der Waals surface area contributed by atoms with Gasteiger partial charge in [-0.3, -0.25) is 9.59 Å². The highest BCUT2D eigenvalue weighted by Gasteiger charge is 2.20. The van der Waals surface area contributed by atoms with Crippen LogP contribution < -0.4 is 15.4 Å². The number of ether oxygens (including phenoxy) is 2. The van der Waals surface area contributed by atoms with Crippen LogP contribution in [0.4, 0.5) is 5.69 Å². The number of amides is 2. The van der Waals surface area contributed by atoms with Crippen molar-refractivity contribution in [3.8, 4) is 5.75 Å². The predicted octanol–water partition coefficient (Wildman–Crippen LogP) is 3.73. The van der Waals surface area contributed by atoms with Crippen molar-refractivity contribution in [3.63, 3.8) is 0 Å². The van der Waals surface area contributed by atoms with Gasteiger partial charge in [-0.25, -0.2) is 4.79 Å². The van der Waals surface area contributed by atoms with Crippen LogP contribution in [0.5, 0.6) is 5.75 Å². The third kappa shape index (κ3) is 5.43. The molecule has 0 saturated carbocycles. The molecule has 0 radical (unpaired) electrons. The van der Waals surface area contributed by atoms with Crippen LogP contribution in [0.2, 0.25) is 0 Å². The Morgan fingerprint density at radius 1 is 1.06 bits per heavy atom. The summed E-state index contributed by atoms with van der Waals surface area (Å²) >= 11 is 3.37. The zero-order valence-corrected chi connectivity index (χ0v) is 18.8. The highest BCUT2D eigenvalue weighted by atomic mass is 79.9. The normalized spacial score (nSPS) is 10.6. The van der Waals surface area contributed by atoms with Gasteiger partial charge in [-0.2, -0.15) is 0 Å². The Morgan fingerprint density at radius 3 is 2.58 bits per heavy atom. The number of rotatable bonds is 7. The molecule has 0 aliphatic rings. The van der Waals surface area contributed by atoms with E-state index >= 15 is 0 Å². The van der Waals surface area contributed by atoms with Crippen molar-refractivity contribution in [2.45, 2.75) is 13.8 Å². The summed E-state index contributed by atoms with van der Waals surface area (Å²) in [4.78, 5) is 36.4. The molecule has 1 heterocycles. The van der Waals surface area contributed by atoms with E-state index in [1.54, 1.807) is 31.2 Å². The van der Waals surface area contributed by atoms with Gasteiger partial charge in [0.25, 0.3) is 5.91 Å². The molecule has 31 heavy (non-hydrogen) atoms. The van der Waals surface area contributed by atoms with Gasteiger partial charge < -0.3 is 24.5 Å². The number of esters is 1. The van der Waals surface area contributed by atoms with Gasteiger partial charge in [0.05, 0.1) is 19.3 Å². The van der Waals surface area contributed by atoms with Crippen LogP contribution in [-0.4, -0.2) is 38.0 Å². The zero-order chi connectivity index (χ0) is 22.5. The first kappa shape index (κ1) is 22.4. The van der Waals surface area contributed by atoms with Gasteiger partial charge in [-0.05, 0) is 49.7 Å². The Balaban J connectivity index is 1.51. The first-order chi connectivity index (χ1) is 14.8. The molecule has 0 bridgehead atoms. The fraction of sp³-hybridized carbons (Fsp3) is 0.227. The molecule has 162 valence electrons. The number of nitrogens with one attached hydrogen (secondary N) is 2. The maximum absolute atomic E-state index is 12.3. The predicted molar refractivity (Wildman–Crippen MR) is 118 cm³/mol. The largest absolute Gasteiger partial charge is 0.495 e. The van der Waals surface area contributed by atoms with Crippen molar-refractivity contribution in [3.05, 3.63) is 57.8 Å². The average Bonchev–Trinajstić information content (AvgIpc) is 3.06. The molecule has 0 aliphatic heterocycles. The maximum atomic E-state index is 12.3. The molecule has 0 fully saturated rings. The molecule has 2 aromatic carbocycles. The smallest absolute Gasteiger partial charge is 0.375 e. The van der Waals surface area contributed by atoms with Gasteiger partial charge in [-0.1, -0.05) is 22.0 Å². The minimum absolute atomic E-state index is 0.0326. The van der Waals surface area contributed by atoms with Crippen molar-refractivity contribution >= 4 is 50.4 Å². The van der Waals surface area contributed by atoms with Crippen molar-refractivity contribution < 1.29 is 28.3 Å². The summed E-state index contributed by atoms with van der Waals surface area (Å²) in [5, 5.41) is 5.85. The van der Waals surface area contributed by atoms with Crippen LogP contribution in [0.15, 0.2) is 45.3 Å². The molecule has 2 amide bonds. The molecule has 0 unspecified atom stereocenters. The summed E-state index contributed by atoms with van der Waals surface area (Å²) < 4.78 is 16.6. The Morgan fingerprint density at radius 2 is 1.84 bits per heavy atom. The van der Waals surface area contributed by atoms with E-state index in [0.29, 0.717) is 22.6 Å². The lowest BCUT2D eigenvalue weighted by Crippen LogP contribution is -2.35. The van der Waals surface area contributed by atoms with Crippen LogP contribution in [0.3, 0.4) is 0 Å². The third-order valence-corrected chi connectivity index (χ3v) is 4.99. The monoisotopic (exact) mass is 488 g/mol. The third-order valence-electron chi connectivity index (χ3n) is 4.49. The van der Waals surface area contributed by atoms with E-state index in [1.165, 1.54) is 7.11 Å². The standard InChI is InChI=1S/C22H21BrN2O6/c1-12-4-6-18(29-3)16(8-12)25-19(26)10-24-20(27)11-30-22(28)21-13(2)15-9-14(23)5-7-17(15)31-21/h4-9H,10-11H2,1-3H3,(H,24,27)(H,25,26). The molecule has 3 aromatic rings. The molecular formula is C22H21BrN2O6. The second-order valence-corrected chi connectivity index (χ2v) is 7.72. The van der Waals surface area contributed by atoms with Gasteiger partial charge >= 0.3 is 5.97 Å². The number of carbonyl (C=O) groups is 3. The number of carbonyl (C=O) groups excluding carboxylic acids is 3. The Bertz CT molecular complexity index is 1150. The molecule has 3 rings (SSSR count). The number of aryl methyl sites for hydroxylation is 2. The second-order valence-electron chi connectivity index (χ2n) is 6.80. The van der Waals surface area contributed by atoms with Crippen LogP contribution in [-0.2, 0) is 14.3 Å². The van der Waals surface area contributed by atoms with Crippen molar-refractivity contribution in [1.82, 2.24) is 5.32 Å². The number of benzene rings is 2. The van der Waals surface area contributed by atoms with Gasteiger partial charge in [0, 0.05) is 15.4 Å². The van der Waals surface area contributed by atoms with Crippen LogP contribution >= 0.6 is 15.9 Å². The van der Waals surface area contributed by atoms with Gasteiger partial charge in [0.15, 0.2) is 6.61 Å². The summed E-state index contributed by atoms with van der Waals surface area (Å²) in [5.74, 6) is -1.27. The fourth-order valence-corrected chi connectivity index (χ4v) is 3.29. The number of anilines is 1. The minimum atomic E-state index is -0.756. The van der Waals surface area contributed by atoms with E-state index < -0.39 is 24.4 Å². The number of halogens is 1. The molecule has 0 atom stereocenters. The summed E-state index contributed by atoms with van der Waals surface area (Å²) in [6, 6.07) is 10.7. The summed E-state index contributed by atoms with van der Waals surface area (Å²) in [5.41, 5.74) is 2.61. The quantitative estimate of drug-likeness (QED) is 0.490. The molecule has 0 spiro atoms. The molecule has 1 aromatic heterocycles. The average molecular weight is 489 g/mol. The molecule has 0 saturated heterocycles. The van der Waals surface area contributed by atoms with Gasteiger partial charge in [-0.15, -0.1) is 0 Å². The summed E-state index contributed by atoms with van der Waals surface area (Å²) in [7, 11) is 1.50. The Hall–Kier alpha value is -3.33. The van der Waals surface area contributed by atoms with E-state index in [0.717, 1.165) is 15.4 Å². The van der Waals surface area contributed by atoms with Gasteiger partial charge in [0.1, 0.15) is 11.3 Å². The highest BCUT2D eigenvalue weighted by molar-refractivity contribution is 9.10. The lowest BCUT2D eigenvalue weighted by atomic mass is 10.1. The summed E-state index contributed by atoms with van der Waals surface area (Å²) in [6.45, 7) is 2.79. The van der Waals surface area contributed by atoms with E-state index in [-0.39, 0.29) is 12.3 Å². The topological polar surface area (TPSA) is 107 Å². The molecule has 9 heteroatoms. The van der Waals surface area contributed by atoms with Crippen molar-refractivity contribution in [1.29, 1.82) is 0 Å². The Kier molecular flexibility index (Phi) is 6.96. The number of hydrogen-bond acceptors (Lipinski definition) is 6. The molecule has 8 nitrogen and oxygen atoms in total. The summed E-state index contributed by atoms with van der Waals surface area (Å²) in [6.07, 6.45) is 0. The van der Waals surface area contributed by atoms with E-state index in [1.807, 2.05) is 19.1 Å². The number of methoxy groups -OCH3 is 1. The molecule has 0 aliphatic carbocycles. The second kappa shape index (κ2) is 9.65. The molecular weight excluding hydrogens is 468 g/mol. The fourth-order valence-electron chi connectivity index (χ4n) is 2.93.